The fourth-order valence-corrected chi connectivity index (χ4v) is 2.13. The predicted molar refractivity (Wildman–Crippen MR) is 58.2 cm³/mol. The van der Waals surface area contributed by atoms with Crippen molar-refractivity contribution in [2.45, 2.75) is 5.75 Å². The van der Waals surface area contributed by atoms with Gasteiger partial charge in [-0.25, -0.2) is 0 Å². The highest BCUT2D eigenvalue weighted by molar-refractivity contribution is 7.78. The first-order valence-electron chi connectivity index (χ1n) is 4.44. The van der Waals surface area contributed by atoms with Crippen LogP contribution in [-0.2, 0) is 16.8 Å². The zero-order chi connectivity index (χ0) is 10.8. The summed E-state index contributed by atoms with van der Waals surface area (Å²) >= 11 is -2.19. The maximum atomic E-state index is 10.7. The van der Waals surface area contributed by atoms with Gasteiger partial charge in [0.25, 0.3) is 0 Å². The van der Waals surface area contributed by atoms with E-state index in [1.165, 1.54) is 6.07 Å². The van der Waals surface area contributed by atoms with Crippen LogP contribution in [0.15, 0.2) is 36.4 Å². The molecule has 0 aliphatic carbocycles. The second-order valence-electron chi connectivity index (χ2n) is 3.23. The second-order valence-corrected chi connectivity index (χ2v) is 4.13. The van der Waals surface area contributed by atoms with Gasteiger partial charge in [-0.1, -0.05) is 41.4 Å². The number of phenols is 1. The van der Waals surface area contributed by atoms with Crippen LogP contribution in [0.5, 0.6) is 5.75 Å². The molecule has 0 saturated carbocycles. The fourth-order valence-electron chi connectivity index (χ4n) is 1.59. The molecule has 0 spiro atoms. The molecule has 0 fully saturated rings. The van der Waals surface area contributed by atoms with Crippen molar-refractivity contribution in [3.63, 3.8) is 0 Å². The van der Waals surface area contributed by atoms with Gasteiger partial charge in [0.1, 0.15) is 5.75 Å². The molecule has 2 aromatic carbocycles. The van der Waals surface area contributed by atoms with Gasteiger partial charge in [-0.05, 0) is 16.8 Å². The molecule has 15 heavy (non-hydrogen) atoms. The van der Waals surface area contributed by atoms with Crippen LogP contribution in [0.25, 0.3) is 10.8 Å². The minimum atomic E-state index is -2.19. The predicted octanol–water partition coefficient (Wildman–Crippen LogP) is 1.92. The molecule has 78 valence electrons. The van der Waals surface area contributed by atoms with Crippen molar-refractivity contribution in [2.24, 2.45) is 0 Å². The Morgan fingerprint density at radius 2 is 1.93 bits per heavy atom. The highest BCUT2D eigenvalue weighted by Gasteiger charge is 2.06. The number of aromatic hydroxyl groups is 1. The molecule has 2 rings (SSSR count). The number of phenolic OH excluding ortho intramolecular Hbond substituents is 1. The summed E-state index contributed by atoms with van der Waals surface area (Å²) in [4.78, 5) is 0. The van der Waals surface area contributed by atoms with Crippen LogP contribution in [0.3, 0.4) is 0 Å². The van der Waals surface area contributed by atoms with Crippen molar-refractivity contribution in [3.8, 4) is 5.75 Å². The average Bonchev–Trinajstić information content (AvgIpc) is 2.22. The van der Waals surface area contributed by atoms with E-state index in [-0.39, 0.29) is 11.5 Å². The van der Waals surface area contributed by atoms with Gasteiger partial charge in [-0.2, -0.15) is 0 Å². The minimum Gasteiger partial charge on any atom is -0.772 e. The zero-order valence-corrected chi connectivity index (χ0v) is 8.66. The van der Waals surface area contributed by atoms with Crippen molar-refractivity contribution in [1.29, 1.82) is 0 Å². The molecule has 0 heterocycles. The Kier molecular flexibility index (Phi) is 2.70. The van der Waals surface area contributed by atoms with Crippen LogP contribution in [0, 0.1) is 0 Å². The van der Waals surface area contributed by atoms with Crippen molar-refractivity contribution < 1.29 is 13.9 Å². The lowest BCUT2D eigenvalue weighted by Gasteiger charge is -2.10. The molecule has 0 aromatic heterocycles. The van der Waals surface area contributed by atoms with Crippen LogP contribution >= 0.6 is 0 Å². The molecule has 0 saturated heterocycles. The van der Waals surface area contributed by atoms with Crippen molar-refractivity contribution >= 4 is 21.9 Å². The smallest absolute Gasteiger partial charge is 0.120 e. The minimum absolute atomic E-state index is 0.0258. The van der Waals surface area contributed by atoms with E-state index >= 15 is 0 Å². The Bertz CT molecular complexity index is 522. The summed E-state index contributed by atoms with van der Waals surface area (Å²) < 4.78 is 21.3. The Hall–Kier alpha value is -1.39. The summed E-state index contributed by atoms with van der Waals surface area (Å²) in [6.45, 7) is 0. The first-order valence-corrected chi connectivity index (χ1v) is 5.68. The highest BCUT2D eigenvalue weighted by atomic mass is 32.2. The Labute approximate surface area is 89.6 Å². The van der Waals surface area contributed by atoms with Gasteiger partial charge in [-0.15, -0.1) is 0 Å². The van der Waals surface area contributed by atoms with Gasteiger partial charge in [-0.3, -0.25) is 4.21 Å². The molecule has 2 aromatic rings. The number of hydrogen-bond acceptors (Lipinski definition) is 3. The topological polar surface area (TPSA) is 60.4 Å². The van der Waals surface area contributed by atoms with Crippen LogP contribution < -0.4 is 0 Å². The maximum Gasteiger partial charge on any atom is 0.120 e. The Morgan fingerprint density at radius 3 is 2.67 bits per heavy atom. The Balaban J connectivity index is 2.68. The summed E-state index contributed by atoms with van der Waals surface area (Å²) in [5, 5.41) is 11.3. The number of fused-ring (bicyclic) bond motifs is 1. The van der Waals surface area contributed by atoms with Crippen LogP contribution in [0.4, 0.5) is 0 Å². The summed E-state index contributed by atoms with van der Waals surface area (Å²) in [6, 6.07) is 10.7. The first-order chi connectivity index (χ1) is 7.18. The van der Waals surface area contributed by atoms with Gasteiger partial charge in [0.2, 0.25) is 0 Å². The third kappa shape index (κ3) is 2.00. The van der Waals surface area contributed by atoms with E-state index in [2.05, 4.69) is 0 Å². The SMILES string of the molecule is O=S([O-])Cc1c(O)ccc2ccccc12. The number of benzene rings is 2. The summed E-state index contributed by atoms with van der Waals surface area (Å²) in [5.41, 5.74) is 0.460. The van der Waals surface area contributed by atoms with Gasteiger partial charge in [0, 0.05) is 11.3 Å². The standard InChI is InChI=1S/C11H10O3S/c12-11-6-5-8-3-1-2-4-9(8)10(11)7-15(13)14/h1-6,12H,7H2,(H,13,14)/p-1. The van der Waals surface area contributed by atoms with Gasteiger partial charge < -0.3 is 9.66 Å². The molecule has 1 atom stereocenters. The summed E-state index contributed by atoms with van der Waals surface area (Å²) in [7, 11) is 0. The third-order valence-electron chi connectivity index (χ3n) is 2.28. The van der Waals surface area contributed by atoms with Crippen molar-refractivity contribution in [1.82, 2.24) is 0 Å². The summed E-state index contributed by atoms with van der Waals surface area (Å²) in [5.74, 6) is -0.134. The third-order valence-corrected chi connectivity index (χ3v) is 2.80. The monoisotopic (exact) mass is 221 g/mol. The normalized spacial score (nSPS) is 12.9. The Morgan fingerprint density at radius 1 is 1.20 bits per heavy atom. The van der Waals surface area contributed by atoms with Gasteiger partial charge >= 0.3 is 0 Å². The number of rotatable bonds is 2. The molecule has 1 unspecified atom stereocenters. The lowest BCUT2D eigenvalue weighted by Crippen LogP contribution is -1.95. The van der Waals surface area contributed by atoms with E-state index in [1.54, 1.807) is 12.1 Å². The van der Waals surface area contributed by atoms with Crippen LogP contribution in [0.1, 0.15) is 5.56 Å². The number of hydrogen-bond donors (Lipinski definition) is 1. The molecule has 0 bridgehead atoms. The fraction of sp³-hybridized carbons (Fsp3) is 0.0909. The van der Waals surface area contributed by atoms with Crippen LogP contribution in [0.2, 0.25) is 0 Å². The average molecular weight is 221 g/mol. The van der Waals surface area contributed by atoms with Gasteiger partial charge in [0.05, 0.1) is 0 Å². The molecule has 0 aliphatic rings. The maximum absolute atomic E-state index is 10.7. The molecule has 0 radical (unpaired) electrons. The molecule has 1 N–H and O–H groups in total. The molecule has 0 aliphatic heterocycles. The van der Waals surface area contributed by atoms with E-state index in [1.807, 2.05) is 18.2 Å². The van der Waals surface area contributed by atoms with Crippen LogP contribution in [-0.4, -0.2) is 13.9 Å². The molecule has 0 amide bonds. The van der Waals surface area contributed by atoms with Gasteiger partial charge in [0.15, 0.2) is 0 Å². The zero-order valence-electron chi connectivity index (χ0n) is 7.84. The molecular weight excluding hydrogens is 212 g/mol. The molecule has 4 heteroatoms. The molecule has 3 nitrogen and oxygen atoms in total. The lowest BCUT2D eigenvalue weighted by atomic mass is 10.0. The van der Waals surface area contributed by atoms with E-state index in [0.29, 0.717) is 5.56 Å². The summed E-state index contributed by atoms with van der Waals surface area (Å²) in [6.07, 6.45) is 0. The van der Waals surface area contributed by atoms with Crippen molar-refractivity contribution in [2.75, 3.05) is 0 Å². The second kappa shape index (κ2) is 4.00. The highest BCUT2D eigenvalue weighted by Crippen LogP contribution is 2.27. The van der Waals surface area contributed by atoms with E-state index in [4.69, 9.17) is 0 Å². The first kappa shape index (κ1) is 10.1. The van der Waals surface area contributed by atoms with Crippen molar-refractivity contribution in [3.05, 3.63) is 42.0 Å². The van der Waals surface area contributed by atoms with E-state index in [0.717, 1.165) is 10.8 Å². The largest absolute Gasteiger partial charge is 0.772 e. The van der Waals surface area contributed by atoms with E-state index < -0.39 is 11.1 Å². The molecular formula is C11H9O3S-. The quantitative estimate of drug-likeness (QED) is 0.788. The van der Waals surface area contributed by atoms with E-state index in [9.17, 15) is 13.9 Å². The lowest BCUT2D eigenvalue weighted by molar-refractivity contribution is 0.470.